The molecule has 6 heteroatoms. The Balaban J connectivity index is 2.30. The van der Waals surface area contributed by atoms with Crippen molar-refractivity contribution < 1.29 is 13.2 Å². The molecule has 1 aliphatic heterocycles. The maximum atomic E-state index is 11.9. The summed E-state index contributed by atoms with van der Waals surface area (Å²) in [6, 6.07) is -0.0619. The van der Waals surface area contributed by atoms with Gasteiger partial charge in [-0.25, -0.2) is 8.42 Å². The lowest BCUT2D eigenvalue weighted by atomic mass is 10.2. The molecule has 0 aliphatic carbocycles. The molecule has 1 heterocycles. The Labute approximate surface area is 103 Å². The average molecular weight is 262 g/mol. The van der Waals surface area contributed by atoms with Crippen molar-refractivity contribution in [3.63, 3.8) is 0 Å². The molecule has 1 unspecified atom stereocenters. The van der Waals surface area contributed by atoms with Gasteiger partial charge < -0.3 is 10.2 Å². The van der Waals surface area contributed by atoms with Gasteiger partial charge >= 0.3 is 0 Å². The number of carbonyl (C=O) groups excluding carboxylic acids is 1. The molecule has 0 aromatic carbocycles. The van der Waals surface area contributed by atoms with E-state index in [4.69, 9.17) is 0 Å². The number of hydrogen-bond acceptors (Lipinski definition) is 4. The molecule has 0 aromatic heterocycles. The zero-order valence-corrected chi connectivity index (χ0v) is 11.4. The molecule has 1 fully saturated rings. The van der Waals surface area contributed by atoms with Gasteiger partial charge in [0.1, 0.15) is 9.84 Å². The Kier molecular flexibility index (Phi) is 5.39. The van der Waals surface area contributed by atoms with Crippen LogP contribution in [0, 0.1) is 0 Å². The fraction of sp³-hybridized carbons (Fsp3) is 0.909. The molecule has 1 N–H and O–H groups in total. The molecule has 5 nitrogen and oxygen atoms in total. The van der Waals surface area contributed by atoms with E-state index in [2.05, 4.69) is 12.2 Å². The van der Waals surface area contributed by atoms with Crippen LogP contribution in [0.1, 0.15) is 26.2 Å². The second kappa shape index (κ2) is 6.35. The van der Waals surface area contributed by atoms with Crippen molar-refractivity contribution in [2.45, 2.75) is 32.2 Å². The van der Waals surface area contributed by atoms with Crippen molar-refractivity contribution >= 4 is 15.7 Å². The van der Waals surface area contributed by atoms with Gasteiger partial charge in [0.05, 0.1) is 11.8 Å². The van der Waals surface area contributed by atoms with Crippen molar-refractivity contribution in [3.05, 3.63) is 0 Å². The minimum absolute atomic E-state index is 0.0619. The van der Waals surface area contributed by atoms with E-state index in [1.807, 2.05) is 0 Å². The smallest absolute Gasteiger partial charge is 0.239 e. The quantitative estimate of drug-likeness (QED) is 0.702. The molecule has 0 bridgehead atoms. The molecular weight excluding hydrogens is 240 g/mol. The van der Waals surface area contributed by atoms with Gasteiger partial charge in [0.2, 0.25) is 5.91 Å². The minimum Gasteiger partial charge on any atom is -0.341 e. The van der Waals surface area contributed by atoms with Gasteiger partial charge in [-0.2, -0.15) is 0 Å². The fourth-order valence-electron chi connectivity index (χ4n) is 1.99. The summed E-state index contributed by atoms with van der Waals surface area (Å²) in [5, 5.41) is 3.21. The van der Waals surface area contributed by atoms with Crippen LogP contribution in [0.5, 0.6) is 0 Å². The van der Waals surface area contributed by atoms with Gasteiger partial charge in [-0.05, 0) is 25.8 Å². The van der Waals surface area contributed by atoms with Gasteiger partial charge in [0.15, 0.2) is 0 Å². The lowest BCUT2D eigenvalue weighted by Crippen LogP contribution is -2.39. The molecule has 1 saturated heterocycles. The SMILES string of the molecule is CCCNC1CCN(CCCS(C)(=O)=O)C1=O. The Morgan fingerprint density at radius 2 is 2.18 bits per heavy atom. The number of likely N-dealkylation sites (tertiary alicyclic amines) is 1. The largest absolute Gasteiger partial charge is 0.341 e. The van der Waals surface area contributed by atoms with Gasteiger partial charge in [0, 0.05) is 19.3 Å². The zero-order valence-electron chi connectivity index (χ0n) is 10.6. The number of amides is 1. The molecule has 0 radical (unpaired) electrons. The Morgan fingerprint density at radius 1 is 1.47 bits per heavy atom. The van der Waals surface area contributed by atoms with Crippen LogP contribution in [0.2, 0.25) is 0 Å². The number of nitrogens with one attached hydrogen (secondary N) is 1. The summed E-state index contributed by atoms with van der Waals surface area (Å²) in [6.45, 7) is 4.21. The van der Waals surface area contributed by atoms with Gasteiger partial charge in [-0.15, -0.1) is 0 Å². The van der Waals surface area contributed by atoms with Crippen LogP contribution in [-0.2, 0) is 14.6 Å². The van der Waals surface area contributed by atoms with E-state index in [9.17, 15) is 13.2 Å². The van der Waals surface area contributed by atoms with Gasteiger partial charge in [-0.3, -0.25) is 4.79 Å². The first kappa shape index (κ1) is 14.4. The van der Waals surface area contributed by atoms with Crippen molar-refractivity contribution in [1.29, 1.82) is 0 Å². The lowest BCUT2D eigenvalue weighted by Gasteiger charge is -2.16. The van der Waals surface area contributed by atoms with Crippen LogP contribution < -0.4 is 5.32 Å². The second-order valence-corrected chi connectivity index (χ2v) is 6.86. The lowest BCUT2D eigenvalue weighted by molar-refractivity contribution is -0.129. The average Bonchev–Trinajstić information content (AvgIpc) is 2.56. The normalized spacial score (nSPS) is 21.2. The highest BCUT2D eigenvalue weighted by molar-refractivity contribution is 7.90. The molecule has 100 valence electrons. The molecule has 1 atom stereocenters. The highest BCUT2D eigenvalue weighted by Crippen LogP contribution is 2.11. The molecule has 1 aliphatic rings. The number of carbonyl (C=O) groups is 1. The molecule has 17 heavy (non-hydrogen) atoms. The first-order valence-corrected chi connectivity index (χ1v) is 8.20. The van der Waals surface area contributed by atoms with E-state index in [1.165, 1.54) is 6.26 Å². The van der Waals surface area contributed by atoms with Crippen LogP contribution in [-0.4, -0.2) is 56.9 Å². The fourth-order valence-corrected chi connectivity index (χ4v) is 2.64. The maximum absolute atomic E-state index is 11.9. The van der Waals surface area contributed by atoms with Crippen LogP contribution in [0.3, 0.4) is 0 Å². The van der Waals surface area contributed by atoms with E-state index < -0.39 is 9.84 Å². The summed E-state index contributed by atoms with van der Waals surface area (Å²) >= 11 is 0. The number of nitrogens with zero attached hydrogens (tertiary/aromatic N) is 1. The zero-order chi connectivity index (χ0) is 12.9. The van der Waals surface area contributed by atoms with E-state index in [0.29, 0.717) is 13.0 Å². The predicted molar refractivity (Wildman–Crippen MR) is 67.6 cm³/mol. The van der Waals surface area contributed by atoms with Crippen molar-refractivity contribution in [2.24, 2.45) is 0 Å². The second-order valence-electron chi connectivity index (χ2n) is 4.60. The maximum Gasteiger partial charge on any atom is 0.239 e. The summed E-state index contributed by atoms with van der Waals surface area (Å²) in [5.74, 6) is 0.274. The third-order valence-corrected chi connectivity index (χ3v) is 3.91. The summed E-state index contributed by atoms with van der Waals surface area (Å²) < 4.78 is 22.0. The van der Waals surface area contributed by atoms with Crippen LogP contribution in [0.15, 0.2) is 0 Å². The molecule has 0 aromatic rings. The topological polar surface area (TPSA) is 66.5 Å². The predicted octanol–water partition coefficient (Wildman–Crippen LogP) is 0.0216. The van der Waals surface area contributed by atoms with Crippen LogP contribution in [0.25, 0.3) is 0 Å². The summed E-state index contributed by atoms with van der Waals surface area (Å²) in [5.41, 5.74) is 0. The first-order chi connectivity index (χ1) is 7.94. The summed E-state index contributed by atoms with van der Waals surface area (Å²) in [6.07, 6.45) is 3.60. The van der Waals surface area contributed by atoms with Crippen molar-refractivity contribution in [1.82, 2.24) is 10.2 Å². The monoisotopic (exact) mass is 262 g/mol. The molecule has 0 saturated carbocycles. The standard InChI is InChI=1S/C11H22N2O3S/c1-3-6-12-10-5-8-13(11(10)14)7-4-9-17(2,15)16/h10,12H,3-9H2,1-2H3. The Morgan fingerprint density at radius 3 is 2.76 bits per heavy atom. The number of sulfone groups is 1. The first-order valence-electron chi connectivity index (χ1n) is 6.14. The molecule has 1 amide bonds. The van der Waals surface area contributed by atoms with E-state index in [0.717, 1.165) is 25.9 Å². The minimum atomic E-state index is -2.91. The van der Waals surface area contributed by atoms with E-state index in [-0.39, 0.29) is 17.7 Å². The third kappa shape index (κ3) is 5.04. The van der Waals surface area contributed by atoms with E-state index >= 15 is 0 Å². The van der Waals surface area contributed by atoms with Gasteiger partial charge in [-0.1, -0.05) is 6.92 Å². The highest BCUT2D eigenvalue weighted by Gasteiger charge is 2.30. The number of rotatable bonds is 7. The van der Waals surface area contributed by atoms with Gasteiger partial charge in [0.25, 0.3) is 0 Å². The van der Waals surface area contributed by atoms with Crippen LogP contribution in [0.4, 0.5) is 0 Å². The molecule has 0 spiro atoms. The molecule has 1 rings (SSSR count). The Hall–Kier alpha value is -0.620. The van der Waals surface area contributed by atoms with Crippen LogP contribution >= 0.6 is 0 Å². The highest BCUT2D eigenvalue weighted by atomic mass is 32.2. The summed E-state index contributed by atoms with van der Waals surface area (Å²) in [4.78, 5) is 13.6. The third-order valence-electron chi connectivity index (χ3n) is 2.88. The summed E-state index contributed by atoms with van der Waals surface area (Å²) in [7, 11) is -2.91. The number of hydrogen-bond donors (Lipinski definition) is 1. The molecular formula is C11H22N2O3S. The van der Waals surface area contributed by atoms with Crippen molar-refractivity contribution in [2.75, 3.05) is 31.6 Å². The van der Waals surface area contributed by atoms with Crippen molar-refractivity contribution in [3.8, 4) is 0 Å². The van der Waals surface area contributed by atoms with E-state index in [1.54, 1.807) is 4.90 Å². The Bertz CT molecular complexity index is 354.